The van der Waals surface area contributed by atoms with Gasteiger partial charge in [0.15, 0.2) is 0 Å². The van der Waals surface area contributed by atoms with Crippen LogP contribution in [0.1, 0.15) is 25.3 Å². The van der Waals surface area contributed by atoms with E-state index in [-0.39, 0.29) is 16.8 Å². The Kier molecular flexibility index (Phi) is 4.91. The Morgan fingerprint density at radius 2 is 1.81 bits per heavy atom. The fourth-order valence-electron chi connectivity index (χ4n) is 2.93. The molecule has 0 atom stereocenters. The summed E-state index contributed by atoms with van der Waals surface area (Å²) in [5.74, 6) is 0.602. The maximum absolute atomic E-state index is 12.7. The fraction of sp³-hybridized carbons (Fsp3) is 0.316. The number of amides is 1. The average molecular weight is 374 g/mol. The van der Waals surface area contributed by atoms with Gasteiger partial charge in [0.25, 0.3) is 10.0 Å². The molecular weight excluding hydrogens is 352 g/mol. The number of nitrogens with zero attached hydrogens (tertiary/aromatic N) is 1. The van der Waals surface area contributed by atoms with Crippen molar-refractivity contribution < 1.29 is 17.9 Å². The van der Waals surface area contributed by atoms with Crippen molar-refractivity contribution in [2.24, 2.45) is 0 Å². The topological polar surface area (TPSA) is 75.7 Å². The van der Waals surface area contributed by atoms with Crippen molar-refractivity contribution in [1.29, 1.82) is 0 Å². The lowest BCUT2D eigenvalue weighted by atomic mass is 10.2. The van der Waals surface area contributed by atoms with Crippen LogP contribution >= 0.6 is 0 Å². The molecule has 1 amide bonds. The van der Waals surface area contributed by atoms with E-state index in [1.807, 2.05) is 0 Å². The third-order valence-electron chi connectivity index (χ3n) is 4.32. The number of hydrogen-bond acceptors (Lipinski definition) is 4. The first-order valence-electron chi connectivity index (χ1n) is 8.39. The number of aryl methyl sites for hydroxylation is 1. The minimum atomic E-state index is -3.71. The Balaban J connectivity index is 1.81. The van der Waals surface area contributed by atoms with Crippen LogP contribution in [0.4, 0.5) is 11.4 Å². The lowest BCUT2D eigenvalue weighted by Crippen LogP contribution is -2.30. The van der Waals surface area contributed by atoms with E-state index in [2.05, 4.69) is 4.72 Å². The standard InChI is InChI=1S/C19H22N2O4S/c1-13-12-18(25-3)10-11-19(13)26(23,24)20-15-4-6-16(7-5-15)21(14(2)22)17-8-9-17/h4-7,10-12,17,20H,8-9H2,1-3H3. The molecule has 0 aromatic heterocycles. The molecule has 0 heterocycles. The molecule has 2 aromatic carbocycles. The van der Waals surface area contributed by atoms with Gasteiger partial charge >= 0.3 is 0 Å². The number of carbonyl (C=O) groups excluding carboxylic acids is 1. The van der Waals surface area contributed by atoms with E-state index in [1.54, 1.807) is 55.1 Å². The number of anilines is 2. The predicted octanol–water partition coefficient (Wildman–Crippen LogP) is 3.32. The summed E-state index contributed by atoms with van der Waals surface area (Å²) in [4.78, 5) is 13.8. The summed E-state index contributed by atoms with van der Waals surface area (Å²) >= 11 is 0. The zero-order chi connectivity index (χ0) is 18.9. The van der Waals surface area contributed by atoms with E-state index >= 15 is 0 Å². The monoisotopic (exact) mass is 374 g/mol. The third-order valence-corrected chi connectivity index (χ3v) is 5.86. The van der Waals surface area contributed by atoms with Crippen LogP contribution in [0.15, 0.2) is 47.4 Å². The highest BCUT2D eigenvalue weighted by Gasteiger charge is 2.31. The highest BCUT2D eigenvalue weighted by Crippen LogP contribution is 2.32. The predicted molar refractivity (Wildman–Crippen MR) is 101 cm³/mol. The van der Waals surface area contributed by atoms with Gasteiger partial charge in [0.1, 0.15) is 5.75 Å². The van der Waals surface area contributed by atoms with Crippen LogP contribution in [0.5, 0.6) is 5.75 Å². The van der Waals surface area contributed by atoms with Crippen LogP contribution in [-0.2, 0) is 14.8 Å². The van der Waals surface area contributed by atoms with Gasteiger partial charge in [-0.15, -0.1) is 0 Å². The SMILES string of the molecule is COc1ccc(S(=O)(=O)Nc2ccc(N(C(C)=O)C3CC3)cc2)c(C)c1. The molecule has 1 saturated carbocycles. The number of methoxy groups -OCH3 is 1. The molecule has 0 aliphatic heterocycles. The number of ether oxygens (including phenoxy) is 1. The molecule has 3 rings (SSSR count). The van der Waals surface area contributed by atoms with Crippen molar-refractivity contribution in [3.63, 3.8) is 0 Å². The minimum Gasteiger partial charge on any atom is -0.497 e. The second-order valence-corrected chi connectivity index (χ2v) is 8.05. The Bertz CT molecular complexity index is 919. The second-order valence-electron chi connectivity index (χ2n) is 6.40. The quantitative estimate of drug-likeness (QED) is 0.842. The first-order valence-corrected chi connectivity index (χ1v) is 9.87. The zero-order valence-electron chi connectivity index (χ0n) is 15.0. The molecule has 1 aliphatic carbocycles. The third kappa shape index (κ3) is 3.83. The van der Waals surface area contributed by atoms with Crippen molar-refractivity contribution in [3.8, 4) is 5.75 Å². The van der Waals surface area contributed by atoms with Crippen LogP contribution in [0.3, 0.4) is 0 Å². The molecule has 0 radical (unpaired) electrons. The highest BCUT2D eigenvalue weighted by molar-refractivity contribution is 7.92. The van der Waals surface area contributed by atoms with Gasteiger partial charge < -0.3 is 9.64 Å². The maximum Gasteiger partial charge on any atom is 0.262 e. The number of benzene rings is 2. The van der Waals surface area contributed by atoms with Crippen LogP contribution in [0.2, 0.25) is 0 Å². The number of hydrogen-bond donors (Lipinski definition) is 1. The minimum absolute atomic E-state index is 0.00492. The van der Waals surface area contributed by atoms with Gasteiger partial charge in [0, 0.05) is 24.3 Å². The molecule has 138 valence electrons. The molecule has 0 unspecified atom stereocenters. The average Bonchev–Trinajstić information content (AvgIpc) is 3.40. The Morgan fingerprint density at radius 1 is 1.15 bits per heavy atom. The summed E-state index contributed by atoms with van der Waals surface area (Å²) in [7, 11) is -2.17. The largest absolute Gasteiger partial charge is 0.497 e. The van der Waals surface area contributed by atoms with E-state index < -0.39 is 10.0 Å². The number of carbonyl (C=O) groups is 1. The van der Waals surface area contributed by atoms with Gasteiger partial charge in [0.05, 0.1) is 12.0 Å². The van der Waals surface area contributed by atoms with Crippen molar-refractivity contribution in [1.82, 2.24) is 0 Å². The van der Waals surface area contributed by atoms with Gasteiger partial charge in [0.2, 0.25) is 5.91 Å². The van der Waals surface area contributed by atoms with E-state index in [1.165, 1.54) is 13.2 Å². The zero-order valence-corrected chi connectivity index (χ0v) is 15.8. The molecule has 1 aliphatic rings. The Morgan fingerprint density at radius 3 is 2.31 bits per heavy atom. The molecule has 1 N–H and O–H groups in total. The van der Waals surface area contributed by atoms with Gasteiger partial charge in [-0.1, -0.05) is 0 Å². The molecular formula is C19H22N2O4S. The van der Waals surface area contributed by atoms with Gasteiger partial charge in [-0.2, -0.15) is 0 Å². The van der Waals surface area contributed by atoms with Crippen LogP contribution in [-0.4, -0.2) is 27.5 Å². The fourth-order valence-corrected chi connectivity index (χ4v) is 4.22. The van der Waals surface area contributed by atoms with Crippen molar-refractivity contribution >= 4 is 27.3 Å². The highest BCUT2D eigenvalue weighted by atomic mass is 32.2. The summed E-state index contributed by atoms with van der Waals surface area (Å²) in [5, 5.41) is 0. The lowest BCUT2D eigenvalue weighted by molar-refractivity contribution is -0.116. The molecule has 26 heavy (non-hydrogen) atoms. The van der Waals surface area contributed by atoms with E-state index in [4.69, 9.17) is 4.74 Å². The molecule has 6 nitrogen and oxygen atoms in total. The summed E-state index contributed by atoms with van der Waals surface area (Å²) in [6.07, 6.45) is 2.01. The molecule has 0 saturated heterocycles. The molecule has 1 fully saturated rings. The molecule has 0 bridgehead atoms. The van der Waals surface area contributed by atoms with Crippen LogP contribution in [0, 0.1) is 6.92 Å². The van der Waals surface area contributed by atoms with E-state index in [0.29, 0.717) is 17.0 Å². The van der Waals surface area contributed by atoms with Gasteiger partial charge in [-0.3, -0.25) is 9.52 Å². The van der Waals surface area contributed by atoms with Crippen molar-refractivity contribution in [3.05, 3.63) is 48.0 Å². The molecule has 0 spiro atoms. The van der Waals surface area contributed by atoms with Gasteiger partial charge in [-0.05, 0) is 67.8 Å². The number of sulfonamides is 1. The smallest absolute Gasteiger partial charge is 0.262 e. The lowest BCUT2D eigenvalue weighted by Gasteiger charge is -2.21. The maximum atomic E-state index is 12.7. The van der Waals surface area contributed by atoms with Crippen molar-refractivity contribution in [2.45, 2.75) is 37.6 Å². The summed E-state index contributed by atoms with van der Waals surface area (Å²) in [5.41, 5.74) is 1.83. The van der Waals surface area contributed by atoms with Crippen LogP contribution in [0.25, 0.3) is 0 Å². The first-order chi connectivity index (χ1) is 12.3. The Labute approximate surface area is 153 Å². The van der Waals surface area contributed by atoms with E-state index in [9.17, 15) is 13.2 Å². The normalized spacial score (nSPS) is 14.0. The number of rotatable bonds is 6. The summed E-state index contributed by atoms with van der Waals surface area (Å²) < 4.78 is 33.0. The van der Waals surface area contributed by atoms with Gasteiger partial charge in [-0.25, -0.2) is 8.42 Å². The van der Waals surface area contributed by atoms with Crippen LogP contribution < -0.4 is 14.4 Å². The summed E-state index contributed by atoms with van der Waals surface area (Å²) in [6.45, 7) is 3.27. The molecule has 7 heteroatoms. The van der Waals surface area contributed by atoms with Crippen molar-refractivity contribution in [2.75, 3.05) is 16.7 Å². The second kappa shape index (κ2) is 6.99. The first kappa shape index (κ1) is 18.3. The van der Waals surface area contributed by atoms with E-state index in [0.717, 1.165) is 18.5 Å². The summed E-state index contributed by atoms with van der Waals surface area (Å²) in [6, 6.07) is 11.9. The number of nitrogens with one attached hydrogen (secondary N) is 1. The molecule has 2 aromatic rings. The Hall–Kier alpha value is -2.54.